The average molecular weight is 377 g/mol. The maximum absolute atomic E-state index is 12.3. The van der Waals surface area contributed by atoms with Gasteiger partial charge in [-0.25, -0.2) is 9.97 Å². The van der Waals surface area contributed by atoms with Crippen molar-refractivity contribution >= 4 is 28.3 Å². The number of hydrogen-bond acceptors (Lipinski definition) is 5. The number of carbonyl (C=O) groups is 1. The van der Waals surface area contributed by atoms with Gasteiger partial charge in [0.15, 0.2) is 0 Å². The lowest BCUT2D eigenvalue weighted by atomic mass is 10.3. The van der Waals surface area contributed by atoms with E-state index in [1.165, 1.54) is 11.3 Å². The summed E-state index contributed by atoms with van der Waals surface area (Å²) in [6.07, 6.45) is 3.79. The Morgan fingerprint density at radius 2 is 2.07 bits per heavy atom. The number of fused-ring (bicyclic) bond motifs is 1. The van der Waals surface area contributed by atoms with Crippen LogP contribution in [0.15, 0.2) is 54.2 Å². The number of nitrogens with zero attached hydrogens (tertiary/aromatic N) is 4. The topological polar surface area (TPSA) is 72.7 Å². The first kappa shape index (κ1) is 17.4. The van der Waals surface area contributed by atoms with E-state index in [9.17, 15) is 4.79 Å². The molecule has 0 aliphatic heterocycles. The van der Waals surface area contributed by atoms with Gasteiger partial charge in [0.25, 0.3) is 0 Å². The molecule has 0 bridgehead atoms. The zero-order chi connectivity index (χ0) is 18.6. The van der Waals surface area contributed by atoms with Crippen LogP contribution >= 0.6 is 11.3 Å². The highest BCUT2D eigenvalue weighted by Crippen LogP contribution is 2.22. The van der Waals surface area contributed by atoms with Gasteiger partial charge in [-0.05, 0) is 31.2 Å². The van der Waals surface area contributed by atoms with Gasteiger partial charge in [0.1, 0.15) is 10.8 Å². The summed E-state index contributed by atoms with van der Waals surface area (Å²) in [6, 6.07) is 11.9. The van der Waals surface area contributed by atoms with Gasteiger partial charge in [0.2, 0.25) is 5.91 Å². The van der Waals surface area contributed by atoms with Crippen LogP contribution < -0.4 is 5.32 Å². The Morgan fingerprint density at radius 3 is 2.93 bits per heavy atom. The maximum atomic E-state index is 12.3. The molecular weight excluding hydrogens is 358 g/mol. The van der Waals surface area contributed by atoms with E-state index >= 15 is 0 Å². The SMILES string of the molecule is Cc1nc2ccccc2n1CCNC(=O)Cc1csc(-c2cccnc2)n1. The largest absolute Gasteiger partial charge is 0.354 e. The molecule has 1 N–H and O–H groups in total. The Hall–Kier alpha value is -3.06. The molecule has 0 aliphatic carbocycles. The number of pyridine rings is 1. The van der Waals surface area contributed by atoms with Gasteiger partial charge < -0.3 is 9.88 Å². The minimum atomic E-state index is -0.0277. The number of para-hydroxylation sites is 2. The summed E-state index contributed by atoms with van der Waals surface area (Å²) in [4.78, 5) is 25.4. The summed E-state index contributed by atoms with van der Waals surface area (Å²) in [5.41, 5.74) is 3.81. The lowest BCUT2D eigenvalue weighted by Crippen LogP contribution is -2.28. The molecule has 1 amide bonds. The third-order valence-corrected chi connectivity index (χ3v) is 5.25. The second kappa shape index (κ2) is 7.67. The third kappa shape index (κ3) is 3.88. The van der Waals surface area contributed by atoms with Gasteiger partial charge in [-0.15, -0.1) is 11.3 Å². The van der Waals surface area contributed by atoms with Crippen LogP contribution in [0.5, 0.6) is 0 Å². The van der Waals surface area contributed by atoms with Gasteiger partial charge in [-0.2, -0.15) is 0 Å². The summed E-state index contributed by atoms with van der Waals surface area (Å²) in [5, 5.41) is 5.78. The minimum absolute atomic E-state index is 0.0277. The number of benzene rings is 1. The predicted octanol–water partition coefficient (Wildman–Crippen LogP) is 3.22. The molecule has 27 heavy (non-hydrogen) atoms. The molecular formula is C20H19N5OS. The molecule has 0 aliphatic rings. The number of carbonyl (C=O) groups excluding carboxylic acids is 1. The number of aryl methyl sites for hydroxylation is 1. The molecule has 0 spiro atoms. The van der Waals surface area contributed by atoms with Crippen LogP contribution in [0.25, 0.3) is 21.6 Å². The molecule has 4 rings (SSSR count). The summed E-state index contributed by atoms with van der Waals surface area (Å²) >= 11 is 1.53. The van der Waals surface area contributed by atoms with E-state index in [4.69, 9.17) is 0 Å². The zero-order valence-electron chi connectivity index (χ0n) is 14.9. The normalized spacial score (nSPS) is 11.0. The molecule has 0 saturated heterocycles. The standard InChI is InChI=1S/C20H19N5OS/c1-14-23-17-6-2-3-7-18(17)25(14)10-9-22-19(26)11-16-13-27-20(24-16)15-5-4-8-21-12-15/h2-8,12-13H,9-11H2,1H3,(H,22,26). The van der Waals surface area contributed by atoms with E-state index in [0.717, 1.165) is 33.1 Å². The molecule has 3 heterocycles. The Balaban J connectivity index is 1.34. The van der Waals surface area contributed by atoms with Crippen molar-refractivity contribution in [1.82, 2.24) is 24.8 Å². The van der Waals surface area contributed by atoms with Crippen molar-refractivity contribution in [1.29, 1.82) is 0 Å². The second-order valence-corrected chi connectivity index (χ2v) is 7.07. The molecule has 3 aromatic heterocycles. The van der Waals surface area contributed by atoms with Gasteiger partial charge >= 0.3 is 0 Å². The van der Waals surface area contributed by atoms with E-state index in [2.05, 4.69) is 24.8 Å². The van der Waals surface area contributed by atoms with Crippen LogP contribution in [0, 0.1) is 6.92 Å². The van der Waals surface area contributed by atoms with Crippen molar-refractivity contribution in [3.05, 3.63) is 65.7 Å². The van der Waals surface area contributed by atoms with Crippen LogP contribution in [0.1, 0.15) is 11.5 Å². The fourth-order valence-electron chi connectivity index (χ4n) is 3.02. The predicted molar refractivity (Wildman–Crippen MR) is 107 cm³/mol. The first-order valence-corrected chi connectivity index (χ1v) is 9.62. The van der Waals surface area contributed by atoms with E-state index in [0.29, 0.717) is 13.1 Å². The van der Waals surface area contributed by atoms with Crippen molar-refractivity contribution < 1.29 is 4.79 Å². The van der Waals surface area contributed by atoms with Crippen molar-refractivity contribution in [2.75, 3.05) is 6.54 Å². The number of imidazole rings is 1. The molecule has 1 aromatic carbocycles. The summed E-state index contributed by atoms with van der Waals surface area (Å²) in [5.74, 6) is 0.922. The Bertz CT molecular complexity index is 1070. The van der Waals surface area contributed by atoms with Crippen LogP contribution in [0.2, 0.25) is 0 Å². The molecule has 0 saturated carbocycles. The molecule has 0 atom stereocenters. The molecule has 6 nitrogen and oxygen atoms in total. The van der Waals surface area contributed by atoms with Gasteiger partial charge in [0, 0.05) is 36.4 Å². The van der Waals surface area contributed by atoms with Crippen LogP contribution in [0.3, 0.4) is 0 Å². The van der Waals surface area contributed by atoms with E-state index in [1.807, 2.05) is 48.7 Å². The van der Waals surface area contributed by atoms with Gasteiger partial charge in [0.05, 0.1) is 23.1 Å². The molecule has 0 unspecified atom stereocenters. The van der Waals surface area contributed by atoms with E-state index < -0.39 is 0 Å². The third-order valence-electron chi connectivity index (χ3n) is 4.30. The molecule has 7 heteroatoms. The quantitative estimate of drug-likeness (QED) is 0.560. The summed E-state index contributed by atoms with van der Waals surface area (Å²) in [7, 11) is 0. The summed E-state index contributed by atoms with van der Waals surface area (Å²) < 4.78 is 2.12. The maximum Gasteiger partial charge on any atom is 0.226 e. The number of nitrogens with one attached hydrogen (secondary N) is 1. The van der Waals surface area contributed by atoms with Crippen molar-refractivity contribution in [3.63, 3.8) is 0 Å². The fourth-order valence-corrected chi connectivity index (χ4v) is 3.83. The van der Waals surface area contributed by atoms with Crippen LogP contribution in [-0.2, 0) is 17.8 Å². The molecule has 136 valence electrons. The number of thiazole rings is 1. The van der Waals surface area contributed by atoms with Crippen LogP contribution in [-0.4, -0.2) is 32.0 Å². The average Bonchev–Trinajstić information content (AvgIpc) is 3.27. The highest BCUT2D eigenvalue weighted by Gasteiger charge is 2.10. The number of aromatic nitrogens is 4. The van der Waals surface area contributed by atoms with Crippen LogP contribution in [0.4, 0.5) is 0 Å². The van der Waals surface area contributed by atoms with Gasteiger partial charge in [-0.3, -0.25) is 9.78 Å². The fraction of sp³-hybridized carbons (Fsp3) is 0.200. The Kier molecular flexibility index (Phi) is 4.93. The summed E-state index contributed by atoms with van der Waals surface area (Å²) in [6.45, 7) is 3.23. The lowest BCUT2D eigenvalue weighted by molar-refractivity contribution is -0.120. The molecule has 0 fully saturated rings. The van der Waals surface area contributed by atoms with Crippen molar-refractivity contribution in [3.8, 4) is 10.6 Å². The Morgan fingerprint density at radius 1 is 1.19 bits per heavy atom. The first-order valence-electron chi connectivity index (χ1n) is 8.74. The smallest absolute Gasteiger partial charge is 0.226 e. The minimum Gasteiger partial charge on any atom is -0.354 e. The van der Waals surface area contributed by atoms with E-state index in [-0.39, 0.29) is 12.3 Å². The molecule has 0 radical (unpaired) electrons. The number of hydrogen-bond donors (Lipinski definition) is 1. The number of rotatable bonds is 6. The van der Waals surface area contributed by atoms with Gasteiger partial charge in [-0.1, -0.05) is 12.1 Å². The highest BCUT2D eigenvalue weighted by molar-refractivity contribution is 7.13. The zero-order valence-corrected chi connectivity index (χ0v) is 15.7. The van der Waals surface area contributed by atoms with Crippen molar-refractivity contribution in [2.45, 2.75) is 19.9 Å². The number of amides is 1. The Labute approximate surface area is 160 Å². The van der Waals surface area contributed by atoms with E-state index in [1.54, 1.807) is 12.4 Å². The lowest BCUT2D eigenvalue weighted by Gasteiger charge is -2.08. The van der Waals surface area contributed by atoms with Crippen molar-refractivity contribution in [2.24, 2.45) is 0 Å². The first-order chi connectivity index (χ1) is 13.2. The second-order valence-electron chi connectivity index (χ2n) is 6.21. The molecule has 4 aromatic rings. The monoisotopic (exact) mass is 377 g/mol. The highest BCUT2D eigenvalue weighted by atomic mass is 32.1.